The number of aromatic nitrogens is 3. The Morgan fingerprint density at radius 3 is 2.63 bits per heavy atom. The number of hydrogen-bond acceptors (Lipinski definition) is 6. The van der Waals surface area contributed by atoms with Gasteiger partial charge >= 0.3 is 0 Å². The third-order valence-corrected chi connectivity index (χ3v) is 5.49. The molecule has 2 N–H and O–H groups in total. The highest BCUT2D eigenvalue weighted by Crippen LogP contribution is 2.41. The highest BCUT2D eigenvalue weighted by molar-refractivity contribution is 6.30. The smallest absolute Gasteiger partial charge is 0.232 e. The molecule has 4 rings (SSSR count). The van der Waals surface area contributed by atoms with Crippen molar-refractivity contribution >= 4 is 29.1 Å². The summed E-state index contributed by atoms with van der Waals surface area (Å²) in [5.41, 5.74) is 1.45. The Morgan fingerprint density at radius 2 is 1.93 bits per heavy atom. The van der Waals surface area contributed by atoms with Gasteiger partial charge in [-0.3, -0.25) is 4.79 Å². The van der Waals surface area contributed by atoms with E-state index in [4.69, 9.17) is 21.1 Å². The molecule has 0 spiro atoms. The Labute approximate surface area is 179 Å². The van der Waals surface area contributed by atoms with E-state index in [9.17, 15) is 4.79 Å². The summed E-state index contributed by atoms with van der Waals surface area (Å²) in [5.74, 6) is 1.23. The summed E-state index contributed by atoms with van der Waals surface area (Å²) < 4.78 is 12.7. The van der Waals surface area contributed by atoms with Crippen LogP contribution < -0.4 is 20.1 Å². The molecule has 0 unspecified atom stereocenters. The fraction of sp³-hybridized carbons (Fsp3) is 0.286. The first kappa shape index (κ1) is 20.0. The second-order valence-electron chi connectivity index (χ2n) is 7.04. The lowest BCUT2D eigenvalue weighted by Crippen LogP contribution is -2.46. The second-order valence-corrected chi connectivity index (χ2v) is 7.47. The topological polar surface area (TPSA) is 90.3 Å². The lowest BCUT2D eigenvalue weighted by molar-refractivity contribution is -0.121. The van der Waals surface area contributed by atoms with Crippen LogP contribution in [0, 0.1) is 5.92 Å². The number of rotatable bonds is 5. The molecule has 2 aromatic carbocycles. The predicted molar refractivity (Wildman–Crippen MR) is 114 cm³/mol. The lowest BCUT2D eigenvalue weighted by Gasteiger charge is -2.37. The van der Waals surface area contributed by atoms with E-state index in [0.717, 1.165) is 5.56 Å². The van der Waals surface area contributed by atoms with E-state index in [1.165, 1.54) is 6.33 Å². The number of fused-ring (bicyclic) bond motifs is 1. The molecule has 1 aliphatic heterocycles. The summed E-state index contributed by atoms with van der Waals surface area (Å²) in [7, 11) is 3.20. The van der Waals surface area contributed by atoms with E-state index in [1.807, 2.05) is 25.1 Å². The molecule has 3 atom stereocenters. The number of halogens is 1. The molecule has 156 valence electrons. The Bertz CT molecular complexity index is 1050. The molecule has 0 saturated carbocycles. The van der Waals surface area contributed by atoms with Crippen LogP contribution >= 0.6 is 11.6 Å². The molecule has 30 heavy (non-hydrogen) atoms. The summed E-state index contributed by atoms with van der Waals surface area (Å²) in [6.07, 6.45) is 1.47. The maximum Gasteiger partial charge on any atom is 0.232 e. The molecule has 0 bridgehead atoms. The van der Waals surface area contributed by atoms with Crippen LogP contribution in [0.3, 0.4) is 0 Å². The largest absolute Gasteiger partial charge is 0.497 e. The number of nitrogens with zero attached hydrogens (tertiary/aromatic N) is 3. The maximum atomic E-state index is 13.4. The minimum Gasteiger partial charge on any atom is -0.497 e. The van der Waals surface area contributed by atoms with E-state index in [1.54, 1.807) is 43.2 Å². The standard InChI is InChI=1S/C21H22ClN5O3/c1-12-18(20(28)26-14-6-4-13(22)5-7-14)19(27-21(25-12)23-11-24-27)16-10-15(29-2)8-9-17(16)30-3/h4-12,18-19H,1-3H3,(H,26,28)(H,23,24,25)/t12-,18+,19-/m0/s1. The van der Waals surface area contributed by atoms with Gasteiger partial charge in [-0.25, -0.2) is 4.68 Å². The summed E-state index contributed by atoms with van der Waals surface area (Å²) in [5, 5.41) is 11.2. The number of methoxy groups -OCH3 is 2. The van der Waals surface area contributed by atoms with Gasteiger partial charge < -0.3 is 20.1 Å². The van der Waals surface area contributed by atoms with Crippen molar-refractivity contribution < 1.29 is 14.3 Å². The molecule has 2 heterocycles. The van der Waals surface area contributed by atoms with Gasteiger partial charge in [0.1, 0.15) is 17.8 Å². The first-order chi connectivity index (χ1) is 14.5. The third kappa shape index (κ3) is 3.66. The molecule has 9 heteroatoms. The molecule has 1 aromatic heterocycles. The van der Waals surface area contributed by atoms with Crippen molar-refractivity contribution in [2.45, 2.75) is 19.0 Å². The SMILES string of the molecule is COc1ccc(OC)c([C@H]2[C@H](C(=O)Nc3ccc(Cl)cc3)[C@H](C)Nc3ncnn32)c1. The van der Waals surface area contributed by atoms with E-state index >= 15 is 0 Å². The molecule has 1 amide bonds. The van der Waals surface area contributed by atoms with Crippen LogP contribution in [0.2, 0.25) is 5.02 Å². The highest BCUT2D eigenvalue weighted by Gasteiger charge is 2.42. The first-order valence-corrected chi connectivity index (χ1v) is 9.84. The maximum absolute atomic E-state index is 13.4. The van der Waals surface area contributed by atoms with Gasteiger partial charge in [-0.2, -0.15) is 10.1 Å². The quantitative estimate of drug-likeness (QED) is 0.646. The summed E-state index contributed by atoms with van der Waals surface area (Å²) in [4.78, 5) is 17.7. The number of hydrogen-bond donors (Lipinski definition) is 2. The highest BCUT2D eigenvalue weighted by atomic mass is 35.5. The molecular weight excluding hydrogens is 406 g/mol. The van der Waals surface area contributed by atoms with Crippen molar-refractivity contribution in [3.63, 3.8) is 0 Å². The van der Waals surface area contributed by atoms with Crippen molar-refractivity contribution in [3.8, 4) is 11.5 Å². The van der Waals surface area contributed by atoms with Crippen molar-refractivity contribution in [1.29, 1.82) is 0 Å². The molecule has 3 aromatic rings. The third-order valence-electron chi connectivity index (χ3n) is 5.24. The van der Waals surface area contributed by atoms with Gasteiger partial charge in [-0.05, 0) is 49.4 Å². The minimum absolute atomic E-state index is 0.159. The van der Waals surface area contributed by atoms with Gasteiger partial charge in [0.2, 0.25) is 11.9 Å². The number of ether oxygens (including phenoxy) is 2. The molecular formula is C21H22ClN5O3. The fourth-order valence-electron chi connectivity index (χ4n) is 3.80. The Hall–Kier alpha value is -3.26. The summed E-state index contributed by atoms with van der Waals surface area (Å²) in [6.45, 7) is 1.95. The Kier molecular flexibility index (Phi) is 5.50. The van der Waals surface area contributed by atoms with Crippen LogP contribution in [0.15, 0.2) is 48.8 Å². The van der Waals surface area contributed by atoms with Crippen LogP contribution in [0.25, 0.3) is 0 Å². The Morgan fingerprint density at radius 1 is 1.17 bits per heavy atom. The van der Waals surface area contributed by atoms with Crippen molar-refractivity contribution in [2.75, 3.05) is 24.9 Å². The van der Waals surface area contributed by atoms with E-state index in [-0.39, 0.29) is 11.9 Å². The van der Waals surface area contributed by atoms with Gasteiger partial charge in [-0.1, -0.05) is 11.6 Å². The van der Waals surface area contributed by atoms with Gasteiger partial charge in [-0.15, -0.1) is 0 Å². The minimum atomic E-state index is -0.504. The number of nitrogens with one attached hydrogen (secondary N) is 2. The Balaban J connectivity index is 1.78. The van der Waals surface area contributed by atoms with Crippen LogP contribution in [0.4, 0.5) is 11.6 Å². The average Bonchev–Trinajstić information content (AvgIpc) is 3.21. The van der Waals surface area contributed by atoms with E-state index in [2.05, 4.69) is 20.7 Å². The normalized spacial score (nSPS) is 20.1. The molecule has 8 nitrogen and oxygen atoms in total. The number of benzene rings is 2. The average molecular weight is 428 g/mol. The molecule has 0 fully saturated rings. The lowest BCUT2D eigenvalue weighted by atomic mass is 9.85. The second kappa shape index (κ2) is 8.23. The fourth-order valence-corrected chi connectivity index (χ4v) is 3.93. The van der Waals surface area contributed by atoms with Crippen LogP contribution in [0.5, 0.6) is 11.5 Å². The van der Waals surface area contributed by atoms with Gasteiger partial charge in [0.25, 0.3) is 0 Å². The number of carbonyl (C=O) groups is 1. The van der Waals surface area contributed by atoms with Crippen molar-refractivity contribution in [1.82, 2.24) is 14.8 Å². The van der Waals surface area contributed by atoms with Gasteiger partial charge in [0, 0.05) is 22.3 Å². The van der Waals surface area contributed by atoms with E-state index < -0.39 is 12.0 Å². The van der Waals surface area contributed by atoms with Crippen LogP contribution in [-0.2, 0) is 4.79 Å². The zero-order chi connectivity index (χ0) is 21.3. The molecule has 0 aliphatic carbocycles. The first-order valence-electron chi connectivity index (χ1n) is 9.46. The van der Waals surface area contributed by atoms with Crippen LogP contribution in [0.1, 0.15) is 18.5 Å². The number of carbonyl (C=O) groups excluding carboxylic acids is 1. The summed E-state index contributed by atoms with van der Waals surface area (Å²) in [6, 6.07) is 11.9. The monoisotopic (exact) mass is 427 g/mol. The number of anilines is 2. The zero-order valence-electron chi connectivity index (χ0n) is 16.8. The molecule has 1 aliphatic rings. The predicted octanol–water partition coefficient (Wildman–Crippen LogP) is 3.61. The van der Waals surface area contributed by atoms with Gasteiger partial charge in [0.05, 0.1) is 26.2 Å². The van der Waals surface area contributed by atoms with Gasteiger partial charge in [0.15, 0.2) is 0 Å². The molecule has 0 radical (unpaired) electrons. The zero-order valence-corrected chi connectivity index (χ0v) is 17.6. The summed E-state index contributed by atoms with van der Waals surface area (Å²) >= 11 is 5.96. The van der Waals surface area contributed by atoms with Crippen molar-refractivity contribution in [2.24, 2.45) is 5.92 Å². The van der Waals surface area contributed by atoms with Crippen molar-refractivity contribution in [3.05, 3.63) is 59.4 Å². The number of amides is 1. The van der Waals surface area contributed by atoms with E-state index in [0.29, 0.717) is 28.2 Å². The molecule has 0 saturated heterocycles. The van der Waals surface area contributed by atoms with Crippen LogP contribution in [-0.4, -0.2) is 40.9 Å².